The van der Waals surface area contributed by atoms with Crippen LogP contribution < -0.4 is 5.73 Å². The van der Waals surface area contributed by atoms with Crippen molar-refractivity contribution in [3.8, 4) is 0 Å². The van der Waals surface area contributed by atoms with Crippen molar-refractivity contribution >= 4 is 5.69 Å². The Labute approximate surface area is 72.6 Å². The molecular formula is C9H15N3. The van der Waals surface area contributed by atoms with E-state index in [1.807, 2.05) is 0 Å². The molecule has 0 amide bonds. The van der Waals surface area contributed by atoms with Crippen LogP contribution in [0.2, 0.25) is 0 Å². The molecule has 66 valence electrons. The Morgan fingerprint density at radius 2 is 2.42 bits per heavy atom. The molecule has 0 aliphatic heterocycles. The van der Waals surface area contributed by atoms with E-state index in [0.29, 0.717) is 0 Å². The Morgan fingerprint density at radius 3 is 3.00 bits per heavy atom. The minimum absolute atomic E-state index is 0.846. The lowest BCUT2D eigenvalue weighted by atomic mass is 10.3. The second-order valence-corrected chi connectivity index (χ2v) is 3.53. The summed E-state index contributed by atoms with van der Waals surface area (Å²) >= 11 is 0. The molecule has 0 bridgehead atoms. The number of aromatic nitrogens is 2. The summed E-state index contributed by atoms with van der Waals surface area (Å²) in [6.45, 7) is 3.19. The molecule has 0 radical (unpaired) electrons. The summed E-state index contributed by atoms with van der Waals surface area (Å²) in [4.78, 5) is 0. The van der Waals surface area contributed by atoms with Crippen LogP contribution in [0.5, 0.6) is 0 Å². The van der Waals surface area contributed by atoms with E-state index in [4.69, 9.17) is 5.73 Å². The van der Waals surface area contributed by atoms with Crippen LogP contribution in [0.4, 0.5) is 5.69 Å². The number of anilines is 1. The molecule has 3 heteroatoms. The van der Waals surface area contributed by atoms with E-state index in [9.17, 15) is 0 Å². The molecule has 1 aromatic rings. The highest BCUT2D eigenvalue weighted by Gasteiger charge is 2.23. The molecule has 1 fully saturated rings. The molecular weight excluding hydrogens is 150 g/mol. The van der Waals surface area contributed by atoms with Gasteiger partial charge in [0.2, 0.25) is 0 Å². The van der Waals surface area contributed by atoms with Gasteiger partial charge in [0.15, 0.2) is 0 Å². The van der Waals surface area contributed by atoms with Crippen molar-refractivity contribution in [2.45, 2.75) is 32.7 Å². The average Bonchev–Trinajstić information content (AvgIpc) is 2.78. The van der Waals surface area contributed by atoms with Crippen molar-refractivity contribution < 1.29 is 0 Å². The Bertz CT molecular complexity index is 273. The van der Waals surface area contributed by atoms with Crippen molar-refractivity contribution in [3.05, 3.63) is 11.9 Å². The Hall–Kier alpha value is -0.990. The van der Waals surface area contributed by atoms with Crippen molar-refractivity contribution in [1.82, 2.24) is 9.78 Å². The van der Waals surface area contributed by atoms with Gasteiger partial charge in [0.25, 0.3) is 0 Å². The predicted molar refractivity (Wildman–Crippen MR) is 48.7 cm³/mol. The zero-order chi connectivity index (χ0) is 8.55. The first-order valence-corrected chi connectivity index (χ1v) is 4.61. The van der Waals surface area contributed by atoms with Crippen LogP contribution >= 0.6 is 0 Å². The van der Waals surface area contributed by atoms with Crippen LogP contribution in [0.3, 0.4) is 0 Å². The first kappa shape index (κ1) is 7.65. The van der Waals surface area contributed by atoms with Gasteiger partial charge in [-0.05, 0) is 25.2 Å². The number of hydrogen-bond acceptors (Lipinski definition) is 2. The number of rotatable bonds is 3. The molecule has 1 heterocycles. The number of nitrogens with zero attached hydrogens (tertiary/aromatic N) is 2. The molecule has 3 nitrogen and oxygen atoms in total. The van der Waals surface area contributed by atoms with Gasteiger partial charge in [0.1, 0.15) is 0 Å². The van der Waals surface area contributed by atoms with E-state index in [0.717, 1.165) is 24.6 Å². The van der Waals surface area contributed by atoms with Crippen LogP contribution in [-0.2, 0) is 13.0 Å². The molecule has 1 aliphatic carbocycles. The monoisotopic (exact) mass is 165 g/mol. The maximum absolute atomic E-state index is 5.76. The Morgan fingerprint density at radius 1 is 1.67 bits per heavy atom. The second-order valence-electron chi connectivity index (χ2n) is 3.53. The van der Waals surface area contributed by atoms with Crippen molar-refractivity contribution in [2.24, 2.45) is 5.92 Å². The molecule has 1 aliphatic rings. The highest BCUT2D eigenvalue weighted by molar-refractivity contribution is 5.40. The van der Waals surface area contributed by atoms with Gasteiger partial charge in [-0.2, -0.15) is 5.10 Å². The predicted octanol–water partition coefficient (Wildman–Crippen LogP) is 1.44. The molecule has 2 N–H and O–H groups in total. The van der Waals surface area contributed by atoms with Crippen molar-refractivity contribution in [3.63, 3.8) is 0 Å². The smallest absolute Gasteiger partial charge is 0.0732 e. The molecule has 1 aromatic heterocycles. The van der Waals surface area contributed by atoms with E-state index in [2.05, 4.69) is 16.7 Å². The van der Waals surface area contributed by atoms with E-state index in [1.54, 1.807) is 6.20 Å². The summed E-state index contributed by atoms with van der Waals surface area (Å²) in [6, 6.07) is 0. The van der Waals surface area contributed by atoms with Crippen molar-refractivity contribution in [2.75, 3.05) is 5.73 Å². The molecule has 0 aromatic carbocycles. The Balaban J connectivity index is 2.16. The topological polar surface area (TPSA) is 43.8 Å². The van der Waals surface area contributed by atoms with Gasteiger partial charge in [-0.25, -0.2) is 0 Å². The molecule has 0 atom stereocenters. The first-order chi connectivity index (χ1) is 5.81. The molecule has 1 saturated carbocycles. The van der Waals surface area contributed by atoms with Crippen LogP contribution in [0.15, 0.2) is 6.20 Å². The third-order valence-electron chi connectivity index (χ3n) is 2.44. The fraction of sp³-hybridized carbons (Fsp3) is 0.667. The summed E-state index contributed by atoms with van der Waals surface area (Å²) < 4.78 is 2.06. The lowest BCUT2D eigenvalue weighted by Crippen LogP contribution is -2.06. The first-order valence-electron chi connectivity index (χ1n) is 4.61. The standard InChI is InChI=1S/C9H15N3/c1-2-9-8(10)5-11-12(9)6-7-3-4-7/h5,7H,2-4,6,10H2,1H3. The maximum Gasteiger partial charge on any atom is 0.0732 e. The van der Waals surface area contributed by atoms with E-state index < -0.39 is 0 Å². The zero-order valence-electron chi connectivity index (χ0n) is 7.45. The number of hydrogen-bond donors (Lipinski definition) is 1. The fourth-order valence-corrected chi connectivity index (χ4v) is 1.51. The SMILES string of the molecule is CCc1c(N)cnn1CC1CC1. The summed E-state index contributed by atoms with van der Waals surface area (Å²) in [5.74, 6) is 0.870. The van der Waals surface area contributed by atoms with Crippen LogP contribution in [0.25, 0.3) is 0 Å². The van der Waals surface area contributed by atoms with Gasteiger partial charge < -0.3 is 5.73 Å². The zero-order valence-corrected chi connectivity index (χ0v) is 7.45. The second kappa shape index (κ2) is 2.81. The highest BCUT2D eigenvalue weighted by atomic mass is 15.3. The largest absolute Gasteiger partial charge is 0.396 e. The maximum atomic E-state index is 5.76. The van der Waals surface area contributed by atoms with Crippen LogP contribution in [0, 0.1) is 5.92 Å². The average molecular weight is 165 g/mol. The highest BCUT2D eigenvalue weighted by Crippen LogP contribution is 2.31. The van der Waals surface area contributed by atoms with Gasteiger partial charge in [-0.3, -0.25) is 4.68 Å². The third-order valence-corrected chi connectivity index (χ3v) is 2.44. The number of nitrogen functional groups attached to an aromatic ring is 1. The summed E-state index contributed by atoms with van der Waals surface area (Å²) in [6.07, 6.45) is 5.48. The van der Waals surface area contributed by atoms with E-state index >= 15 is 0 Å². The van der Waals surface area contributed by atoms with E-state index in [1.165, 1.54) is 18.5 Å². The van der Waals surface area contributed by atoms with E-state index in [-0.39, 0.29) is 0 Å². The Kier molecular flexibility index (Phi) is 1.79. The van der Waals surface area contributed by atoms with Gasteiger partial charge in [0, 0.05) is 6.54 Å². The normalized spacial score (nSPS) is 16.8. The van der Waals surface area contributed by atoms with Crippen LogP contribution in [0.1, 0.15) is 25.5 Å². The van der Waals surface area contributed by atoms with Gasteiger partial charge in [-0.15, -0.1) is 0 Å². The molecule has 0 saturated heterocycles. The number of nitrogens with two attached hydrogens (primary N) is 1. The molecule has 12 heavy (non-hydrogen) atoms. The summed E-state index contributed by atoms with van der Waals surface area (Å²) in [5, 5.41) is 4.26. The van der Waals surface area contributed by atoms with Gasteiger partial charge >= 0.3 is 0 Å². The third kappa shape index (κ3) is 1.31. The van der Waals surface area contributed by atoms with Crippen LogP contribution in [-0.4, -0.2) is 9.78 Å². The fourth-order valence-electron chi connectivity index (χ4n) is 1.51. The summed E-state index contributed by atoms with van der Waals surface area (Å²) in [5.41, 5.74) is 7.81. The molecule has 0 unspecified atom stereocenters. The minimum Gasteiger partial charge on any atom is -0.396 e. The van der Waals surface area contributed by atoms with Gasteiger partial charge in [-0.1, -0.05) is 6.92 Å². The summed E-state index contributed by atoms with van der Waals surface area (Å²) in [7, 11) is 0. The van der Waals surface area contributed by atoms with Gasteiger partial charge in [0.05, 0.1) is 17.6 Å². The lowest BCUT2D eigenvalue weighted by molar-refractivity contribution is 0.542. The quantitative estimate of drug-likeness (QED) is 0.736. The minimum atomic E-state index is 0.846. The lowest BCUT2D eigenvalue weighted by Gasteiger charge is -2.04. The molecule has 0 spiro atoms. The molecule has 2 rings (SSSR count). The van der Waals surface area contributed by atoms with Crippen molar-refractivity contribution in [1.29, 1.82) is 0 Å².